The van der Waals surface area contributed by atoms with Crippen LogP contribution in [0.5, 0.6) is 0 Å². The minimum Gasteiger partial charge on any atom is -0.463 e. The monoisotopic (exact) mass is 546 g/mol. The van der Waals surface area contributed by atoms with Crippen molar-refractivity contribution in [2.75, 3.05) is 46.4 Å². The average Bonchev–Trinajstić information content (AvgIpc) is 2.87. The zero-order valence-corrected chi connectivity index (χ0v) is 22.7. The van der Waals surface area contributed by atoms with Gasteiger partial charge in [-0.1, -0.05) is 41.4 Å². The van der Waals surface area contributed by atoms with Crippen LogP contribution in [0.2, 0.25) is 5.02 Å². The summed E-state index contributed by atoms with van der Waals surface area (Å²) in [6.45, 7) is 5.64. The Hall–Kier alpha value is -2.92. The van der Waals surface area contributed by atoms with Gasteiger partial charge in [-0.05, 0) is 43.7 Å². The van der Waals surface area contributed by atoms with E-state index < -0.39 is 22.0 Å². The molecule has 1 atom stereocenters. The van der Waals surface area contributed by atoms with Gasteiger partial charge in [0.2, 0.25) is 10.0 Å². The lowest BCUT2D eigenvalue weighted by molar-refractivity contribution is -0.139. The highest BCUT2D eigenvalue weighted by Crippen LogP contribution is 2.32. The van der Waals surface area contributed by atoms with Crippen LogP contribution in [0.3, 0.4) is 0 Å². The quantitative estimate of drug-likeness (QED) is 0.536. The molecule has 2 aliphatic rings. The summed E-state index contributed by atoms with van der Waals surface area (Å²) in [4.78, 5) is 29.8. The number of piperazine rings is 1. The first-order valence-electron chi connectivity index (χ1n) is 12.1. The molecule has 0 spiro atoms. The third kappa shape index (κ3) is 5.82. The number of benzene rings is 2. The minimum absolute atomic E-state index is 0.197. The van der Waals surface area contributed by atoms with E-state index in [2.05, 4.69) is 5.32 Å². The zero-order valence-electron chi connectivity index (χ0n) is 21.1. The highest BCUT2D eigenvalue weighted by atomic mass is 35.5. The molecule has 0 saturated carbocycles. The largest absolute Gasteiger partial charge is 0.463 e. The predicted octanol–water partition coefficient (Wildman–Crippen LogP) is 3.17. The molecule has 198 valence electrons. The second-order valence-electron chi connectivity index (χ2n) is 9.07. The Labute approximate surface area is 222 Å². The molecule has 11 heteroatoms. The van der Waals surface area contributed by atoms with Crippen molar-refractivity contribution in [1.82, 2.24) is 19.4 Å². The topological polar surface area (TPSA) is 99.3 Å². The summed E-state index contributed by atoms with van der Waals surface area (Å²) in [5.41, 5.74) is 2.72. The van der Waals surface area contributed by atoms with Gasteiger partial charge in [-0.3, -0.25) is 9.80 Å². The number of urea groups is 1. The molecule has 2 aromatic carbocycles. The maximum Gasteiger partial charge on any atom is 0.338 e. The number of carbonyl (C=O) groups is 2. The van der Waals surface area contributed by atoms with Crippen molar-refractivity contribution < 1.29 is 22.7 Å². The van der Waals surface area contributed by atoms with Gasteiger partial charge in [-0.25, -0.2) is 18.0 Å². The summed E-state index contributed by atoms with van der Waals surface area (Å²) in [5, 5.41) is 3.40. The molecule has 0 bridgehead atoms. The number of nitrogens with zero attached hydrogens (tertiary/aromatic N) is 3. The Morgan fingerprint density at radius 3 is 2.41 bits per heavy atom. The van der Waals surface area contributed by atoms with E-state index in [1.807, 2.05) is 36.1 Å². The Morgan fingerprint density at radius 2 is 1.78 bits per heavy atom. The van der Waals surface area contributed by atoms with Crippen LogP contribution in [0, 0.1) is 6.92 Å². The number of carbonyl (C=O) groups excluding carboxylic acids is 2. The summed E-state index contributed by atoms with van der Waals surface area (Å²) in [6, 6.07) is 12.8. The van der Waals surface area contributed by atoms with Crippen molar-refractivity contribution in [2.45, 2.75) is 24.8 Å². The molecule has 1 saturated heterocycles. The van der Waals surface area contributed by atoms with E-state index >= 15 is 0 Å². The fraction of sp³-hybridized carbons (Fsp3) is 0.385. The predicted molar refractivity (Wildman–Crippen MR) is 141 cm³/mol. The number of hydrogen-bond donors (Lipinski definition) is 1. The molecule has 0 unspecified atom stereocenters. The second kappa shape index (κ2) is 11.2. The molecule has 0 aromatic heterocycles. The van der Waals surface area contributed by atoms with E-state index in [-0.39, 0.29) is 30.6 Å². The number of ether oxygens (including phenoxy) is 1. The lowest BCUT2D eigenvalue weighted by Crippen LogP contribution is -2.53. The van der Waals surface area contributed by atoms with Crippen LogP contribution >= 0.6 is 11.6 Å². The number of sulfonamides is 1. The van der Waals surface area contributed by atoms with E-state index in [0.29, 0.717) is 35.9 Å². The fourth-order valence-electron chi connectivity index (χ4n) is 4.59. The first kappa shape index (κ1) is 27.1. The highest BCUT2D eigenvalue weighted by molar-refractivity contribution is 7.89. The van der Waals surface area contributed by atoms with Gasteiger partial charge >= 0.3 is 12.0 Å². The Balaban J connectivity index is 1.59. The first-order chi connectivity index (χ1) is 17.6. The van der Waals surface area contributed by atoms with Gasteiger partial charge in [0.05, 0.1) is 23.1 Å². The molecule has 0 radical (unpaired) electrons. The molecular weight excluding hydrogens is 516 g/mol. The minimum atomic E-state index is -3.65. The summed E-state index contributed by atoms with van der Waals surface area (Å²) in [7, 11) is -2.03. The Bertz CT molecular complexity index is 1300. The van der Waals surface area contributed by atoms with Crippen molar-refractivity contribution in [3.05, 3.63) is 76.0 Å². The van der Waals surface area contributed by atoms with Crippen molar-refractivity contribution in [3.8, 4) is 0 Å². The molecule has 2 aliphatic heterocycles. The Kier molecular flexibility index (Phi) is 8.23. The van der Waals surface area contributed by atoms with Crippen molar-refractivity contribution >= 4 is 33.6 Å². The molecule has 0 aliphatic carbocycles. The number of aryl methyl sites for hydroxylation is 1. The first-order valence-corrected chi connectivity index (χ1v) is 13.9. The third-order valence-corrected chi connectivity index (χ3v) is 8.77. The fourth-order valence-corrected chi connectivity index (χ4v) is 6.14. The number of nitrogens with one attached hydrogen (secondary N) is 1. The van der Waals surface area contributed by atoms with Crippen molar-refractivity contribution in [2.24, 2.45) is 0 Å². The molecule has 1 fully saturated rings. The van der Waals surface area contributed by atoms with E-state index in [1.54, 1.807) is 26.1 Å². The average molecular weight is 547 g/mol. The lowest BCUT2D eigenvalue weighted by Gasteiger charge is -2.39. The number of rotatable bonds is 7. The van der Waals surface area contributed by atoms with Crippen molar-refractivity contribution in [1.29, 1.82) is 0 Å². The van der Waals surface area contributed by atoms with Crippen LogP contribution < -0.4 is 5.32 Å². The standard InChI is InChI=1S/C26H31ClN4O5S/c1-4-36-25(32)23-22(29(3)26(33)28-24(23)19-7-5-6-18(2)16-19)17-30-12-14-31(15-13-30)37(34,35)21-10-8-20(27)9-11-21/h5-11,16,24H,4,12-15,17H2,1-3H3,(H,28,33)/t24-/m0/s1. The van der Waals surface area contributed by atoms with E-state index in [1.165, 1.54) is 21.3 Å². The number of amides is 2. The lowest BCUT2D eigenvalue weighted by atomic mass is 9.93. The number of likely N-dealkylation sites (N-methyl/N-ethyl adjacent to an activating group) is 1. The maximum atomic E-state index is 13.2. The normalized spacial score (nSPS) is 19.6. The van der Waals surface area contributed by atoms with Crippen molar-refractivity contribution in [3.63, 3.8) is 0 Å². The van der Waals surface area contributed by atoms with Crippen LogP contribution in [0.25, 0.3) is 0 Å². The van der Waals surface area contributed by atoms with E-state index in [0.717, 1.165) is 11.1 Å². The van der Waals surface area contributed by atoms with Crippen LogP contribution in [-0.2, 0) is 19.6 Å². The van der Waals surface area contributed by atoms with E-state index in [9.17, 15) is 18.0 Å². The van der Waals surface area contributed by atoms with Gasteiger partial charge in [0, 0.05) is 50.5 Å². The van der Waals surface area contributed by atoms with Crippen LogP contribution in [0.1, 0.15) is 24.1 Å². The number of hydrogen-bond acceptors (Lipinski definition) is 6. The summed E-state index contributed by atoms with van der Waals surface area (Å²) >= 11 is 5.91. The second-order valence-corrected chi connectivity index (χ2v) is 11.4. The van der Waals surface area contributed by atoms with Gasteiger partial charge in [-0.15, -0.1) is 0 Å². The highest BCUT2D eigenvalue weighted by Gasteiger charge is 2.38. The van der Waals surface area contributed by atoms with Gasteiger partial charge in [0.15, 0.2) is 0 Å². The molecule has 4 rings (SSSR count). The molecule has 37 heavy (non-hydrogen) atoms. The van der Waals surface area contributed by atoms with Crippen LogP contribution in [0.4, 0.5) is 4.79 Å². The molecule has 2 aromatic rings. The Morgan fingerprint density at radius 1 is 1.11 bits per heavy atom. The van der Waals surface area contributed by atoms with Gasteiger partial charge < -0.3 is 10.1 Å². The zero-order chi connectivity index (χ0) is 26.7. The number of esters is 1. The molecule has 1 N–H and O–H groups in total. The van der Waals surface area contributed by atoms with Gasteiger partial charge in [0.1, 0.15) is 0 Å². The molecule has 2 amide bonds. The van der Waals surface area contributed by atoms with E-state index in [4.69, 9.17) is 16.3 Å². The van der Waals surface area contributed by atoms with Gasteiger partial charge in [-0.2, -0.15) is 4.31 Å². The summed E-state index contributed by atoms with van der Waals surface area (Å²) in [5.74, 6) is -0.486. The molecular formula is C26H31ClN4O5S. The smallest absolute Gasteiger partial charge is 0.338 e. The van der Waals surface area contributed by atoms with Crippen LogP contribution in [-0.4, -0.2) is 80.9 Å². The third-order valence-electron chi connectivity index (χ3n) is 6.60. The molecule has 9 nitrogen and oxygen atoms in total. The molecule has 2 heterocycles. The number of halogens is 1. The van der Waals surface area contributed by atoms with Gasteiger partial charge in [0.25, 0.3) is 0 Å². The SMILES string of the molecule is CCOC(=O)C1=C(CN2CCN(S(=O)(=O)c3ccc(Cl)cc3)CC2)N(C)C(=O)N[C@H]1c1cccc(C)c1. The van der Waals surface area contributed by atoms with Crippen LogP contribution in [0.15, 0.2) is 64.7 Å². The summed E-state index contributed by atoms with van der Waals surface area (Å²) in [6.07, 6.45) is 0. The maximum absolute atomic E-state index is 13.2. The summed E-state index contributed by atoms with van der Waals surface area (Å²) < 4.78 is 33.0.